The average molecular weight is 306 g/mol. The van der Waals surface area contributed by atoms with Crippen molar-refractivity contribution in [2.24, 2.45) is 0 Å². The molecule has 3 N–H and O–H groups in total. The monoisotopic (exact) mass is 306 g/mol. The zero-order valence-corrected chi connectivity index (χ0v) is 13.4. The molecule has 5 nitrogen and oxygen atoms in total. The Kier molecular flexibility index (Phi) is 8.04. The zero-order valence-electron chi connectivity index (χ0n) is 13.4. The minimum atomic E-state index is -0.756. The molecule has 0 aliphatic carbocycles. The Labute approximate surface area is 132 Å². The molecule has 0 bridgehead atoms. The molecule has 122 valence electrons. The van der Waals surface area contributed by atoms with Gasteiger partial charge >= 0.3 is 5.97 Å². The van der Waals surface area contributed by atoms with E-state index < -0.39 is 5.97 Å². The van der Waals surface area contributed by atoms with Gasteiger partial charge in [-0.3, -0.25) is 9.59 Å². The maximum absolute atomic E-state index is 11.8. The summed E-state index contributed by atoms with van der Waals surface area (Å²) in [4.78, 5) is 22.2. The van der Waals surface area contributed by atoms with Crippen molar-refractivity contribution < 1.29 is 14.7 Å². The van der Waals surface area contributed by atoms with Crippen molar-refractivity contribution >= 4 is 23.3 Å². The van der Waals surface area contributed by atoms with Crippen LogP contribution in [0.5, 0.6) is 0 Å². The van der Waals surface area contributed by atoms with E-state index in [0.717, 1.165) is 30.6 Å². The van der Waals surface area contributed by atoms with Gasteiger partial charge in [0.1, 0.15) is 0 Å². The van der Waals surface area contributed by atoms with Gasteiger partial charge in [0.05, 0.1) is 0 Å². The third-order valence-corrected chi connectivity index (χ3v) is 3.17. The van der Waals surface area contributed by atoms with E-state index in [1.165, 1.54) is 0 Å². The Morgan fingerprint density at radius 2 is 1.50 bits per heavy atom. The van der Waals surface area contributed by atoms with Crippen molar-refractivity contribution in [3.63, 3.8) is 0 Å². The molecule has 1 aromatic carbocycles. The van der Waals surface area contributed by atoms with Crippen molar-refractivity contribution in [3.8, 4) is 0 Å². The number of benzene rings is 1. The molecule has 0 atom stereocenters. The number of anilines is 2. The van der Waals surface area contributed by atoms with E-state index in [4.69, 9.17) is 5.11 Å². The molecule has 22 heavy (non-hydrogen) atoms. The van der Waals surface area contributed by atoms with Crippen LogP contribution in [-0.4, -0.2) is 23.0 Å². The van der Waals surface area contributed by atoms with Crippen LogP contribution in [0.25, 0.3) is 0 Å². The predicted molar refractivity (Wildman–Crippen MR) is 89.2 cm³/mol. The molecule has 0 spiro atoms. The van der Waals surface area contributed by atoms with Crippen molar-refractivity contribution in [3.05, 3.63) is 24.3 Å². The number of hydrogen-bond acceptors (Lipinski definition) is 3. The summed E-state index contributed by atoms with van der Waals surface area (Å²) >= 11 is 0. The molecule has 0 aliphatic rings. The minimum Gasteiger partial charge on any atom is -0.481 e. The van der Waals surface area contributed by atoms with Gasteiger partial charge in [-0.05, 0) is 51.0 Å². The first-order chi connectivity index (χ1) is 10.5. The standard InChI is InChI=1S/C17H26N2O3/c1-13(2)18-14-9-11-15(12-10-14)19-16(20)7-5-3-4-6-8-17(21)22/h9-13,18H,3-8H2,1-2H3,(H,19,20)(H,21,22). The molecule has 1 aromatic rings. The number of amides is 1. The first-order valence-corrected chi connectivity index (χ1v) is 7.85. The van der Waals surface area contributed by atoms with Crippen LogP contribution in [0.4, 0.5) is 11.4 Å². The highest BCUT2D eigenvalue weighted by Crippen LogP contribution is 2.15. The zero-order chi connectivity index (χ0) is 16.4. The third kappa shape index (κ3) is 8.29. The fraction of sp³-hybridized carbons (Fsp3) is 0.529. The molecule has 0 aromatic heterocycles. The molecular weight excluding hydrogens is 280 g/mol. The van der Waals surface area contributed by atoms with Crippen LogP contribution in [0.3, 0.4) is 0 Å². The van der Waals surface area contributed by atoms with Crippen LogP contribution in [0.2, 0.25) is 0 Å². The Bertz CT molecular complexity index is 469. The number of nitrogens with one attached hydrogen (secondary N) is 2. The number of hydrogen-bond donors (Lipinski definition) is 3. The van der Waals surface area contributed by atoms with E-state index in [0.29, 0.717) is 18.9 Å². The van der Waals surface area contributed by atoms with Gasteiger partial charge < -0.3 is 15.7 Å². The fourth-order valence-corrected chi connectivity index (χ4v) is 2.12. The summed E-state index contributed by atoms with van der Waals surface area (Å²) in [7, 11) is 0. The fourth-order valence-electron chi connectivity index (χ4n) is 2.12. The molecule has 0 fully saturated rings. The summed E-state index contributed by atoms with van der Waals surface area (Å²) in [6, 6.07) is 8.04. The molecule has 0 unspecified atom stereocenters. The number of unbranched alkanes of at least 4 members (excludes halogenated alkanes) is 3. The lowest BCUT2D eigenvalue weighted by molar-refractivity contribution is -0.137. The molecular formula is C17H26N2O3. The summed E-state index contributed by atoms with van der Waals surface area (Å²) in [5, 5.41) is 14.7. The van der Waals surface area contributed by atoms with Crippen molar-refractivity contribution in [2.75, 3.05) is 10.6 Å². The highest BCUT2D eigenvalue weighted by Gasteiger charge is 2.03. The van der Waals surface area contributed by atoms with Gasteiger partial charge in [-0.2, -0.15) is 0 Å². The highest BCUT2D eigenvalue weighted by molar-refractivity contribution is 5.90. The van der Waals surface area contributed by atoms with E-state index in [2.05, 4.69) is 24.5 Å². The van der Waals surface area contributed by atoms with Crippen molar-refractivity contribution in [1.29, 1.82) is 0 Å². The third-order valence-electron chi connectivity index (χ3n) is 3.17. The van der Waals surface area contributed by atoms with Crippen LogP contribution in [0.15, 0.2) is 24.3 Å². The topological polar surface area (TPSA) is 78.4 Å². The van der Waals surface area contributed by atoms with Crippen LogP contribution in [-0.2, 0) is 9.59 Å². The molecule has 5 heteroatoms. The minimum absolute atomic E-state index is 0.00260. The number of carboxylic acid groups (broad SMARTS) is 1. The first kappa shape index (κ1) is 18.0. The summed E-state index contributed by atoms with van der Waals surface area (Å²) in [5.74, 6) is -0.754. The second-order valence-electron chi connectivity index (χ2n) is 5.73. The van der Waals surface area contributed by atoms with Gasteiger partial charge in [-0.25, -0.2) is 0 Å². The second kappa shape index (κ2) is 9.82. The lowest BCUT2D eigenvalue weighted by Gasteiger charge is -2.11. The molecule has 0 heterocycles. The quantitative estimate of drug-likeness (QED) is 0.573. The van der Waals surface area contributed by atoms with Crippen LogP contribution >= 0.6 is 0 Å². The molecule has 0 saturated heterocycles. The molecule has 0 radical (unpaired) electrons. The summed E-state index contributed by atoms with van der Waals surface area (Å²) < 4.78 is 0. The van der Waals surface area contributed by atoms with Crippen LogP contribution in [0.1, 0.15) is 52.4 Å². The van der Waals surface area contributed by atoms with Gasteiger partial charge in [0.15, 0.2) is 0 Å². The maximum atomic E-state index is 11.8. The average Bonchev–Trinajstić information content (AvgIpc) is 2.44. The summed E-state index contributed by atoms with van der Waals surface area (Å²) in [6.07, 6.45) is 3.90. The smallest absolute Gasteiger partial charge is 0.303 e. The summed E-state index contributed by atoms with van der Waals surface area (Å²) in [5.41, 5.74) is 1.83. The Morgan fingerprint density at radius 3 is 2.05 bits per heavy atom. The maximum Gasteiger partial charge on any atom is 0.303 e. The summed E-state index contributed by atoms with van der Waals surface area (Å²) in [6.45, 7) is 4.15. The number of aliphatic carboxylic acids is 1. The van der Waals surface area contributed by atoms with E-state index in [-0.39, 0.29) is 12.3 Å². The van der Waals surface area contributed by atoms with Gasteiger partial charge in [-0.15, -0.1) is 0 Å². The van der Waals surface area contributed by atoms with E-state index >= 15 is 0 Å². The highest BCUT2D eigenvalue weighted by atomic mass is 16.4. The second-order valence-corrected chi connectivity index (χ2v) is 5.73. The van der Waals surface area contributed by atoms with E-state index in [9.17, 15) is 9.59 Å². The van der Waals surface area contributed by atoms with Crippen molar-refractivity contribution in [1.82, 2.24) is 0 Å². The van der Waals surface area contributed by atoms with Gasteiger partial charge in [0, 0.05) is 30.3 Å². The van der Waals surface area contributed by atoms with Crippen LogP contribution in [0, 0.1) is 0 Å². The van der Waals surface area contributed by atoms with Crippen LogP contribution < -0.4 is 10.6 Å². The number of carboxylic acids is 1. The number of rotatable bonds is 10. The number of carbonyl (C=O) groups excluding carboxylic acids is 1. The Hall–Kier alpha value is -2.04. The van der Waals surface area contributed by atoms with Gasteiger partial charge in [0.25, 0.3) is 0 Å². The number of carbonyl (C=O) groups is 2. The largest absolute Gasteiger partial charge is 0.481 e. The Morgan fingerprint density at radius 1 is 0.955 bits per heavy atom. The lowest BCUT2D eigenvalue weighted by atomic mass is 10.1. The molecule has 1 amide bonds. The van der Waals surface area contributed by atoms with E-state index in [1.807, 2.05) is 24.3 Å². The first-order valence-electron chi connectivity index (χ1n) is 7.85. The van der Waals surface area contributed by atoms with E-state index in [1.54, 1.807) is 0 Å². The lowest BCUT2D eigenvalue weighted by Crippen LogP contribution is -2.12. The van der Waals surface area contributed by atoms with Gasteiger partial charge in [0.2, 0.25) is 5.91 Å². The Balaban J connectivity index is 2.20. The SMILES string of the molecule is CC(C)Nc1ccc(NC(=O)CCCCCCC(=O)O)cc1. The van der Waals surface area contributed by atoms with Crippen molar-refractivity contribution in [2.45, 2.75) is 58.4 Å². The van der Waals surface area contributed by atoms with Gasteiger partial charge in [-0.1, -0.05) is 12.8 Å². The normalized spacial score (nSPS) is 10.5. The molecule has 0 saturated carbocycles. The molecule has 1 rings (SSSR count). The molecule has 0 aliphatic heterocycles. The predicted octanol–water partition coefficient (Wildman–Crippen LogP) is 3.87.